The molecule has 1 N–H and O–H groups in total. The molecule has 0 saturated carbocycles. The number of rotatable bonds is 8. The van der Waals surface area contributed by atoms with Crippen molar-refractivity contribution in [3.05, 3.63) is 62.8 Å². The second-order valence-corrected chi connectivity index (χ2v) is 7.42. The van der Waals surface area contributed by atoms with E-state index in [1.54, 1.807) is 32.0 Å². The smallest absolute Gasteiger partial charge is 0.348 e. The summed E-state index contributed by atoms with van der Waals surface area (Å²) in [6, 6.07) is 6.23. The standard InChI is InChI=1S/C20H21FN2O5S/c1-3-28-20(26)17-12(2)16-18(29-17)22-11-23(19(16)25)8-14(24)10-27-9-13-6-4-5-7-15(13)21/h4-7,11,14,24H,3,8-10H2,1-2H3. The summed E-state index contributed by atoms with van der Waals surface area (Å²) in [5.41, 5.74) is 0.549. The van der Waals surface area contributed by atoms with E-state index in [9.17, 15) is 19.1 Å². The normalized spacial score (nSPS) is 12.3. The number of esters is 1. The van der Waals surface area contributed by atoms with E-state index in [1.165, 1.54) is 17.0 Å². The largest absolute Gasteiger partial charge is 0.462 e. The van der Waals surface area contributed by atoms with E-state index in [-0.39, 0.29) is 37.7 Å². The van der Waals surface area contributed by atoms with Crippen LogP contribution < -0.4 is 5.56 Å². The van der Waals surface area contributed by atoms with Gasteiger partial charge < -0.3 is 14.6 Å². The summed E-state index contributed by atoms with van der Waals surface area (Å²) < 4.78 is 25.2. The van der Waals surface area contributed by atoms with Crippen molar-refractivity contribution in [3.8, 4) is 0 Å². The average molecular weight is 420 g/mol. The fourth-order valence-electron chi connectivity index (χ4n) is 2.88. The summed E-state index contributed by atoms with van der Waals surface area (Å²) >= 11 is 1.10. The van der Waals surface area contributed by atoms with E-state index in [2.05, 4.69) is 4.98 Å². The Labute approximate surface area is 170 Å². The molecule has 1 aromatic carbocycles. The predicted molar refractivity (Wildman–Crippen MR) is 107 cm³/mol. The topological polar surface area (TPSA) is 90.7 Å². The van der Waals surface area contributed by atoms with Crippen molar-refractivity contribution in [2.24, 2.45) is 0 Å². The van der Waals surface area contributed by atoms with Crippen molar-refractivity contribution in [2.45, 2.75) is 33.1 Å². The molecule has 0 aliphatic heterocycles. The highest BCUT2D eigenvalue weighted by atomic mass is 32.1. The van der Waals surface area contributed by atoms with Crippen molar-refractivity contribution in [3.63, 3.8) is 0 Å². The maximum atomic E-state index is 13.6. The van der Waals surface area contributed by atoms with Gasteiger partial charge in [-0.15, -0.1) is 11.3 Å². The van der Waals surface area contributed by atoms with Crippen LogP contribution in [0.1, 0.15) is 27.7 Å². The Morgan fingerprint density at radius 1 is 1.38 bits per heavy atom. The maximum absolute atomic E-state index is 13.6. The molecule has 0 amide bonds. The third kappa shape index (κ3) is 4.69. The summed E-state index contributed by atoms with van der Waals surface area (Å²) in [5, 5.41) is 10.5. The number of halogens is 1. The van der Waals surface area contributed by atoms with Crippen molar-refractivity contribution >= 4 is 27.5 Å². The van der Waals surface area contributed by atoms with Crippen molar-refractivity contribution in [2.75, 3.05) is 13.2 Å². The summed E-state index contributed by atoms with van der Waals surface area (Å²) in [7, 11) is 0. The number of fused-ring (bicyclic) bond motifs is 1. The van der Waals surface area contributed by atoms with E-state index >= 15 is 0 Å². The second kappa shape index (κ2) is 9.25. The molecule has 2 heterocycles. The van der Waals surface area contributed by atoms with Gasteiger partial charge in [0.25, 0.3) is 5.56 Å². The zero-order chi connectivity index (χ0) is 21.0. The molecular weight excluding hydrogens is 399 g/mol. The molecule has 3 rings (SSSR count). The number of benzene rings is 1. The Hall–Kier alpha value is -2.62. The molecule has 7 nitrogen and oxygen atoms in total. The molecular formula is C20H21FN2O5S. The minimum absolute atomic E-state index is 0.0163. The van der Waals surface area contributed by atoms with Crippen LogP contribution in [0, 0.1) is 12.7 Å². The first-order valence-electron chi connectivity index (χ1n) is 9.07. The first-order chi connectivity index (χ1) is 13.9. The van der Waals surface area contributed by atoms with Crippen LogP contribution in [0.2, 0.25) is 0 Å². The molecule has 1 atom stereocenters. The molecule has 0 radical (unpaired) electrons. The number of aromatic nitrogens is 2. The Kier molecular flexibility index (Phi) is 6.73. The third-order valence-electron chi connectivity index (χ3n) is 4.31. The van der Waals surface area contributed by atoms with Crippen molar-refractivity contribution in [1.82, 2.24) is 9.55 Å². The van der Waals surface area contributed by atoms with Crippen LogP contribution in [0.3, 0.4) is 0 Å². The van der Waals surface area contributed by atoms with Crippen molar-refractivity contribution < 1.29 is 23.8 Å². The molecule has 29 heavy (non-hydrogen) atoms. The number of carbonyl (C=O) groups excluding carboxylic acids is 1. The lowest BCUT2D eigenvalue weighted by molar-refractivity contribution is 0.0189. The first kappa shape index (κ1) is 21.1. The van der Waals surface area contributed by atoms with Crippen LogP contribution in [-0.2, 0) is 22.6 Å². The van der Waals surface area contributed by atoms with Gasteiger partial charge in [-0.3, -0.25) is 9.36 Å². The predicted octanol–water partition coefficient (Wildman–Crippen LogP) is 2.66. The highest BCUT2D eigenvalue weighted by molar-refractivity contribution is 7.20. The fraction of sp³-hybridized carbons (Fsp3) is 0.350. The van der Waals surface area contributed by atoms with E-state index in [0.717, 1.165) is 11.3 Å². The van der Waals surface area contributed by atoms with Crippen LogP contribution in [0.25, 0.3) is 10.2 Å². The quantitative estimate of drug-likeness (QED) is 0.564. The molecule has 2 aromatic heterocycles. The highest BCUT2D eigenvalue weighted by Gasteiger charge is 2.21. The van der Waals surface area contributed by atoms with E-state index in [4.69, 9.17) is 9.47 Å². The number of hydrogen-bond acceptors (Lipinski definition) is 7. The minimum atomic E-state index is -0.984. The molecule has 0 fully saturated rings. The average Bonchev–Trinajstić information content (AvgIpc) is 3.03. The van der Waals surface area contributed by atoms with Crippen molar-refractivity contribution in [1.29, 1.82) is 0 Å². The molecule has 3 aromatic rings. The number of aliphatic hydroxyl groups excluding tert-OH is 1. The Bertz CT molecular complexity index is 1080. The highest BCUT2D eigenvalue weighted by Crippen LogP contribution is 2.27. The number of nitrogens with zero attached hydrogens (tertiary/aromatic N) is 2. The van der Waals surface area contributed by atoms with Gasteiger partial charge in [-0.2, -0.15) is 0 Å². The molecule has 0 saturated heterocycles. The van der Waals surface area contributed by atoms with Gasteiger partial charge in [0.15, 0.2) is 0 Å². The van der Waals surface area contributed by atoms with Gasteiger partial charge >= 0.3 is 5.97 Å². The fourth-order valence-corrected chi connectivity index (χ4v) is 3.91. The number of hydrogen-bond donors (Lipinski definition) is 1. The van der Waals surface area contributed by atoms with E-state index in [1.807, 2.05) is 0 Å². The molecule has 0 aliphatic carbocycles. The lowest BCUT2D eigenvalue weighted by Gasteiger charge is -2.13. The maximum Gasteiger partial charge on any atom is 0.348 e. The first-order valence-corrected chi connectivity index (χ1v) is 9.88. The lowest BCUT2D eigenvalue weighted by atomic mass is 10.2. The van der Waals surface area contributed by atoms with E-state index in [0.29, 0.717) is 26.2 Å². The number of aliphatic hydroxyl groups is 1. The lowest BCUT2D eigenvalue weighted by Crippen LogP contribution is -2.29. The van der Waals surface area contributed by atoms with Crippen LogP contribution in [0.4, 0.5) is 4.39 Å². The van der Waals surface area contributed by atoms with Gasteiger partial charge in [0, 0.05) is 5.56 Å². The minimum Gasteiger partial charge on any atom is -0.462 e. The molecule has 0 spiro atoms. The van der Waals surface area contributed by atoms with Crippen LogP contribution in [0.5, 0.6) is 0 Å². The monoisotopic (exact) mass is 420 g/mol. The van der Waals surface area contributed by atoms with E-state index < -0.39 is 12.1 Å². The molecule has 1 unspecified atom stereocenters. The zero-order valence-corrected chi connectivity index (χ0v) is 16.9. The number of aryl methyl sites for hydroxylation is 1. The number of ether oxygens (including phenoxy) is 2. The van der Waals surface area contributed by atoms with Crippen LogP contribution in [-0.4, -0.2) is 39.9 Å². The molecule has 154 valence electrons. The Balaban J connectivity index is 1.70. The summed E-state index contributed by atoms with van der Waals surface area (Å²) in [6.45, 7) is 3.53. The van der Waals surface area contributed by atoms with Gasteiger partial charge in [-0.1, -0.05) is 18.2 Å². The van der Waals surface area contributed by atoms with Crippen LogP contribution >= 0.6 is 11.3 Å². The van der Waals surface area contributed by atoms with Gasteiger partial charge in [0.1, 0.15) is 15.5 Å². The van der Waals surface area contributed by atoms with Gasteiger partial charge in [0.05, 0.1) is 44.2 Å². The Morgan fingerprint density at radius 3 is 2.86 bits per heavy atom. The van der Waals surface area contributed by atoms with Gasteiger partial charge in [0.2, 0.25) is 0 Å². The summed E-state index contributed by atoms with van der Waals surface area (Å²) in [5.74, 6) is -0.862. The van der Waals surface area contributed by atoms with Gasteiger partial charge in [-0.25, -0.2) is 14.2 Å². The van der Waals surface area contributed by atoms with Crippen LogP contribution in [0.15, 0.2) is 35.4 Å². The zero-order valence-electron chi connectivity index (χ0n) is 16.1. The SMILES string of the molecule is CCOC(=O)c1sc2ncn(CC(O)COCc3ccccc3F)c(=O)c2c1C. The summed E-state index contributed by atoms with van der Waals surface area (Å²) in [6.07, 6.45) is 0.345. The Morgan fingerprint density at radius 2 is 2.14 bits per heavy atom. The molecule has 0 aliphatic rings. The summed E-state index contributed by atoms with van der Waals surface area (Å²) in [4.78, 5) is 29.8. The molecule has 0 bridgehead atoms. The number of thiophene rings is 1. The number of carbonyl (C=O) groups is 1. The second-order valence-electron chi connectivity index (χ2n) is 6.42. The third-order valence-corrected chi connectivity index (χ3v) is 5.49. The van der Waals surface area contributed by atoms with Gasteiger partial charge in [-0.05, 0) is 25.5 Å². The molecule has 9 heteroatoms.